The molecule has 6 heteroatoms. The number of benzene rings is 1. The van der Waals surface area contributed by atoms with Crippen molar-refractivity contribution in [1.29, 1.82) is 0 Å². The van der Waals surface area contributed by atoms with Gasteiger partial charge in [-0.25, -0.2) is 4.68 Å². The zero-order valence-electron chi connectivity index (χ0n) is 11.6. The number of aromatic nitrogens is 4. The summed E-state index contributed by atoms with van der Waals surface area (Å²) in [5, 5.41) is 9.26. The third-order valence-electron chi connectivity index (χ3n) is 3.35. The lowest BCUT2D eigenvalue weighted by atomic mass is 10.2. The van der Waals surface area contributed by atoms with E-state index in [1.807, 2.05) is 38.2 Å². The monoisotopic (exact) mass is 300 g/mol. The fourth-order valence-corrected chi connectivity index (χ4v) is 2.31. The quantitative estimate of drug-likeness (QED) is 0.699. The molecule has 0 saturated carbocycles. The molecule has 0 N–H and O–H groups in total. The minimum atomic E-state index is 0.510. The zero-order chi connectivity index (χ0) is 15.0. The molecule has 5 nitrogen and oxygen atoms in total. The van der Waals surface area contributed by atoms with Gasteiger partial charge in [-0.05, 0) is 30.7 Å². The highest BCUT2D eigenvalue weighted by atomic mass is 35.5. The number of hydrogen-bond donors (Lipinski definition) is 0. The topological polar surface area (TPSA) is 52.7 Å². The summed E-state index contributed by atoms with van der Waals surface area (Å²) in [6.45, 7) is 1.94. The third-order valence-corrected chi connectivity index (χ3v) is 3.76. The maximum atomic E-state index is 11.3. The molecular formula is C15H13ClN4O. The summed E-state index contributed by atoms with van der Waals surface area (Å²) in [6, 6.07) is 7.48. The molecule has 2 aromatic heterocycles. The van der Waals surface area contributed by atoms with Crippen molar-refractivity contribution < 1.29 is 4.79 Å². The standard InChI is InChI=1S/C15H13ClN4O/c1-10-3-4-12(7-13(10)16)20-8-11(9-21)15(18-20)14-5-6-17-19(14)2/h3-9H,1-2H3. The molecule has 0 fully saturated rings. The van der Waals surface area contributed by atoms with Gasteiger partial charge in [-0.2, -0.15) is 10.2 Å². The maximum absolute atomic E-state index is 11.3. The molecule has 0 unspecified atom stereocenters. The van der Waals surface area contributed by atoms with Gasteiger partial charge < -0.3 is 0 Å². The van der Waals surface area contributed by atoms with Gasteiger partial charge in [-0.15, -0.1) is 0 Å². The van der Waals surface area contributed by atoms with E-state index in [-0.39, 0.29) is 0 Å². The van der Waals surface area contributed by atoms with E-state index in [1.54, 1.807) is 21.8 Å². The third kappa shape index (κ3) is 2.36. The number of aryl methyl sites for hydroxylation is 2. The van der Waals surface area contributed by atoms with Gasteiger partial charge in [-0.1, -0.05) is 17.7 Å². The Labute approximate surface area is 126 Å². The molecule has 0 atom stereocenters. The summed E-state index contributed by atoms with van der Waals surface area (Å²) in [4.78, 5) is 11.3. The van der Waals surface area contributed by atoms with Crippen LogP contribution in [0.4, 0.5) is 0 Å². The summed E-state index contributed by atoms with van der Waals surface area (Å²) < 4.78 is 3.33. The van der Waals surface area contributed by atoms with E-state index in [4.69, 9.17) is 11.6 Å². The van der Waals surface area contributed by atoms with Crippen molar-refractivity contribution >= 4 is 17.9 Å². The van der Waals surface area contributed by atoms with Crippen LogP contribution in [0.15, 0.2) is 36.7 Å². The Morgan fingerprint density at radius 2 is 2.10 bits per heavy atom. The van der Waals surface area contributed by atoms with E-state index in [0.717, 1.165) is 23.2 Å². The first-order valence-electron chi connectivity index (χ1n) is 6.40. The summed E-state index contributed by atoms with van der Waals surface area (Å²) in [5.41, 5.74) is 3.70. The second kappa shape index (κ2) is 5.18. The summed E-state index contributed by atoms with van der Waals surface area (Å²) in [6.07, 6.45) is 4.16. The molecule has 1 aromatic carbocycles. The largest absolute Gasteiger partial charge is 0.298 e. The van der Waals surface area contributed by atoms with Gasteiger partial charge in [0.1, 0.15) is 5.69 Å². The van der Waals surface area contributed by atoms with E-state index in [2.05, 4.69) is 10.2 Å². The smallest absolute Gasteiger partial charge is 0.153 e. The average Bonchev–Trinajstić information content (AvgIpc) is 3.07. The normalized spacial score (nSPS) is 10.8. The van der Waals surface area contributed by atoms with Gasteiger partial charge in [0, 0.05) is 24.5 Å². The minimum Gasteiger partial charge on any atom is -0.298 e. The van der Waals surface area contributed by atoms with E-state index < -0.39 is 0 Å². The van der Waals surface area contributed by atoms with Crippen LogP contribution in [0.25, 0.3) is 17.1 Å². The Kier molecular flexibility index (Phi) is 3.35. The van der Waals surface area contributed by atoms with Crippen LogP contribution in [0.5, 0.6) is 0 Å². The van der Waals surface area contributed by atoms with Crippen molar-refractivity contribution in [3.8, 4) is 17.1 Å². The number of nitrogens with zero attached hydrogens (tertiary/aromatic N) is 4. The first kappa shape index (κ1) is 13.6. The molecule has 21 heavy (non-hydrogen) atoms. The van der Waals surface area contributed by atoms with E-state index in [0.29, 0.717) is 16.3 Å². The van der Waals surface area contributed by atoms with Gasteiger partial charge in [0.15, 0.2) is 6.29 Å². The molecule has 0 aliphatic carbocycles. The van der Waals surface area contributed by atoms with Crippen molar-refractivity contribution in [2.45, 2.75) is 6.92 Å². The lowest BCUT2D eigenvalue weighted by molar-refractivity contribution is 0.112. The SMILES string of the molecule is Cc1ccc(-n2cc(C=O)c(-c3ccnn3C)n2)cc1Cl. The second-order valence-electron chi connectivity index (χ2n) is 4.77. The van der Waals surface area contributed by atoms with E-state index in [9.17, 15) is 4.79 Å². The summed E-state index contributed by atoms with van der Waals surface area (Å²) >= 11 is 6.14. The first-order chi connectivity index (χ1) is 10.1. The van der Waals surface area contributed by atoms with Crippen LogP contribution < -0.4 is 0 Å². The van der Waals surface area contributed by atoms with E-state index in [1.165, 1.54) is 0 Å². The highest BCUT2D eigenvalue weighted by molar-refractivity contribution is 6.31. The Morgan fingerprint density at radius 3 is 2.71 bits per heavy atom. The van der Waals surface area contributed by atoms with Crippen LogP contribution in [0.3, 0.4) is 0 Å². The number of aldehydes is 1. The second-order valence-corrected chi connectivity index (χ2v) is 5.18. The van der Waals surface area contributed by atoms with Crippen LogP contribution >= 0.6 is 11.6 Å². The van der Waals surface area contributed by atoms with Crippen molar-refractivity contribution in [3.63, 3.8) is 0 Å². The molecular weight excluding hydrogens is 288 g/mol. The molecule has 0 spiro atoms. The fraction of sp³-hybridized carbons (Fsp3) is 0.133. The van der Waals surface area contributed by atoms with Crippen molar-refractivity contribution in [2.75, 3.05) is 0 Å². The van der Waals surface area contributed by atoms with E-state index >= 15 is 0 Å². The molecule has 0 amide bonds. The lowest BCUT2D eigenvalue weighted by Crippen LogP contribution is -1.98. The number of hydrogen-bond acceptors (Lipinski definition) is 3. The number of carbonyl (C=O) groups excluding carboxylic acids is 1. The minimum absolute atomic E-state index is 0.510. The molecule has 0 aliphatic rings. The predicted molar refractivity (Wildman–Crippen MR) is 80.9 cm³/mol. The van der Waals surface area contributed by atoms with Crippen LogP contribution in [-0.2, 0) is 7.05 Å². The molecule has 106 valence electrons. The maximum Gasteiger partial charge on any atom is 0.153 e. The van der Waals surface area contributed by atoms with Gasteiger partial charge in [0.05, 0.1) is 16.9 Å². The van der Waals surface area contributed by atoms with Crippen LogP contribution in [0.1, 0.15) is 15.9 Å². The number of rotatable bonds is 3. The molecule has 3 aromatic rings. The number of halogens is 1. The summed E-state index contributed by atoms with van der Waals surface area (Å²) in [7, 11) is 1.81. The Morgan fingerprint density at radius 1 is 1.29 bits per heavy atom. The Hall–Kier alpha value is -2.40. The predicted octanol–water partition coefficient (Wildman–Crippen LogP) is 3.05. The molecule has 0 aliphatic heterocycles. The lowest BCUT2D eigenvalue weighted by Gasteiger charge is -2.04. The van der Waals surface area contributed by atoms with Gasteiger partial charge in [0.25, 0.3) is 0 Å². The molecule has 3 rings (SSSR count). The van der Waals surface area contributed by atoms with Crippen LogP contribution in [0.2, 0.25) is 5.02 Å². The fourth-order valence-electron chi connectivity index (χ4n) is 2.14. The van der Waals surface area contributed by atoms with Crippen molar-refractivity contribution in [2.24, 2.45) is 7.05 Å². The molecule has 0 radical (unpaired) electrons. The van der Waals surface area contributed by atoms with Crippen LogP contribution in [-0.4, -0.2) is 25.8 Å². The van der Waals surface area contributed by atoms with Gasteiger partial charge >= 0.3 is 0 Å². The van der Waals surface area contributed by atoms with Crippen LogP contribution in [0, 0.1) is 6.92 Å². The number of carbonyl (C=O) groups is 1. The summed E-state index contributed by atoms with van der Waals surface area (Å²) in [5.74, 6) is 0. The molecule has 0 bridgehead atoms. The molecule has 0 saturated heterocycles. The Balaban J connectivity index is 2.13. The first-order valence-corrected chi connectivity index (χ1v) is 6.77. The Bertz CT molecular complexity index is 819. The zero-order valence-corrected chi connectivity index (χ0v) is 12.4. The van der Waals surface area contributed by atoms with Gasteiger partial charge in [0.2, 0.25) is 0 Å². The highest BCUT2D eigenvalue weighted by Crippen LogP contribution is 2.24. The van der Waals surface area contributed by atoms with Crippen molar-refractivity contribution in [1.82, 2.24) is 19.6 Å². The average molecular weight is 301 g/mol. The van der Waals surface area contributed by atoms with Gasteiger partial charge in [-0.3, -0.25) is 9.48 Å². The molecule has 2 heterocycles. The van der Waals surface area contributed by atoms with Crippen molar-refractivity contribution in [3.05, 3.63) is 52.8 Å². The highest BCUT2D eigenvalue weighted by Gasteiger charge is 2.14.